The molecule has 1 atom stereocenters. The summed E-state index contributed by atoms with van der Waals surface area (Å²) < 4.78 is 5.29. The van der Waals surface area contributed by atoms with E-state index < -0.39 is 0 Å². The minimum atomic E-state index is -0.179. The van der Waals surface area contributed by atoms with E-state index in [4.69, 9.17) is 4.74 Å². The predicted molar refractivity (Wildman–Crippen MR) is 118 cm³/mol. The van der Waals surface area contributed by atoms with E-state index in [1.807, 2.05) is 45.8 Å². The van der Waals surface area contributed by atoms with E-state index in [0.717, 1.165) is 63.9 Å². The van der Waals surface area contributed by atoms with Crippen LogP contribution in [0.25, 0.3) is 0 Å². The zero-order chi connectivity index (χ0) is 20.9. The molecule has 2 amide bonds. The molecule has 0 radical (unpaired) electrons. The summed E-state index contributed by atoms with van der Waals surface area (Å²) >= 11 is 1.88. The summed E-state index contributed by atoms with van der Waals surface area (Å²) in [4.78, 5) is 30.1. The van der Waals surface area contributed by atoms with Crippen molar-refractivity contribution in [3.8, 4) is 5.75 Å². The number of hydrogen-bond acceptors (Lipinski definition) is 4. The van der Waals surface area contributed by atoms with Crippen molar-refractivity contribution < 1.29 is 14.3 Å². The van der Waals surface area contributed by atoms with Gasteiger partial charge in [0.2, 0.25) is 5.91 Å². The van der Waals surface area contributed by atoms with Gasteiger partial charge in [-0.25, -0.2) is 0 Å². The molecule has 0 aliphatic carbocycles. The molecule has 0 saturated carbocycles. The number of unbranched alkanes of at least 4 members (excludes halogenated alkanes) is 1. The minimum absolute atomic E-state index is 0.0723. The Morgan fingerprint density at radius 3 is 2.62 bits per heavy atom. The quantitative estimate of drug-likeness (QED) is 0.658. The number of carbonyl (C=O) groups is 2. The van der Waals surface area contributed by atoms with Crippen molar-refractivity contribution in [3.05, 3.63) is 29.8 Å². The fourth-order valence-corrected chi connectivity index (χ4v) is 5.96. The third-order valence-electron chi connectivity index (χ3n) is 6.34. The first kappa shape index (κ1) is 22.0. The molecular formula is C23H34N2O3S. The second-order valence-electron chi connectivity index (χ2n) is 8.06. The van der Waals surface area contributed by atoms with Crippen molar-refractivity contribution in [2.75, 3.05) is 32.5 Å². The van der Waals surface area contributed by atoms with Gasteiger partial charge in [0.1, 0.15) is 5.75 Å². The molecule has 2 aliphatic rings. The van der Waals surface area contributed by atoms with Crippen molar-refractivity contribution in [2.24, 2.45) is 5.92 Å². The Bertz CT molecular complexity index is 716. The van der Waals surface area contributed by atoms with Gasteiger partial charge in [-0.1, -0.05) is 32.8 Å². The van der Waals surface area contributed by atoms with Gasteiger partial charge < -0.3 is 14.5 Å². The molecule has 6 heteroatoms. The Balaban J connectivity index is 1.67. The highest BCUT2D eigenvalue weighted by molar-refractivity contribution is 8.00. The van der Waals surface area contributed by atoms with Crippen LogP contribution in [0.3, 0.4) is 0 Å². The number of rotatable bonds is 7. The van der Waals surface area contributed by atoms with Crippen LogP contribution in [0.15, 0.2) is 24.3 Å². The number of amides is 2. The summed E-state index contributed by atoms with van der Waals surface area (Å²) in [5.74, 6) is 2.19. The molecule has 0 aromatic heterocycles. The molecule has 0 bridgehead atoms. The van der Waals surface area contributed by atoms with Gasteiger partial charge in [0.05, 0.1) is 12.0 Å². The smallest absolute Gasteiger partial charge is 0.255 e. The van der Waals surface area contributed by atoms with Gasteiger partial charge in [-0.15, -0.1) is 11.8 Å². The summed E-state index contributed by atoms with van der Waals surface area (Å²) in [6.45, 7) is 6.55. The predicted octanol–water partition coefficient (Wildman–Crippen LogP) is 4.42. The maximum atomic E-state index is 13.3. The van der Waals surface area contributed by atoms with E-state index in [1.165, 1.54) is 0 Å². The standard InChI is InChI=1S/C23H34N2O3S/c1-4-6-8-18(5-2)21(26)24-13-11-23(12-14-24)25(15-16-29-23)22(27)19-9-7-10-20(17-19)28-3/h7,9-10,17-18H,4-6,8,11-16H2,1-3H3. The zero-order valence-electron chi connectivity index (χ0n) is 18.0. The molecule has 1 aromatic carbocycles. The van der Waals surface area contributed by atoms with Gasteiger partial charge in [0.25, 0.3) is 5.91 Å². The van der Waals surface area contributed by atoms with Crippen LogP contribution < -0.4 is 4.74 Å². The molecule has 2 saturated heterocycles. The summed E-state index contributed by atoms with van der Waals surface area (Å²) in [6.07, 6.45) is 5.84. The van der Waals surface area contributed by atoms with E-state index in [9.17, 15) is 9.59 Å². The van der Waals surface area contributed by atoms with E-state index >= 15 is 0 Å². The van der Waals surface area contributed by atoms with E-state index in [0.29, 0.717) is 17.2 Å². The Kier molecular flexibility index (Phi) is 7.49. The zero-order valence-corrected chi connectivity index (χ0v) is 18.8. The lowest BCUT2D eigenvalue weighted by Gasteiger charge is -2.44. The molecule has 0 N–H and O–H groups in total. The van der Waals surface area contributed by atoms with Crippen molar-refractivity contribution in [2.45, 2.75) is 57.2 Å². The van der Waals surface area contributed by atoms with Gasteiger partial charge in [-0.3, -0.25) is 9.59 Å². The van der Waals surface area contributed by atoms with Crippen molar-refractivity contribution in [1.29, 1.82) is 0 Å². The van der Waals surface area contributed by atoms with Crippen LogP contribution in [0.5, 0.6) is 5.75 Å². The van der Waals surface area contributed by atoms with Gasteiger partial charge in [0, 0.05) is 36.9 Å². The fraction of sp³-hybridized carbons (Fsp3) is 0.652. The van der Waals surface area contributed by atoms with Crippen LogP contribution in [-0.2, 0) is 4.79 Å². The van der Waals surface area contributed by atoms with Crippen LogP contribution in [0.1, 0.15) is 62.7 Å². The van der Waals surface area contributed by atoms with Crippen LogP contribution in [0, 0.1) is 5.92 Å². The SMILES string of the molecule is CCCCC(CC)C(=O)N1CCC2(CC1)SCCN2C(=O)c1cccc(OC)c1. The summed E-state index contributed by atoms with van der Waals surface area (Å²) in [5.41, 5.74) is 0.676. The van der Waals surface area contributed by atoms with Crippen LogP contribution >= 0.6 is 11.8 Å². The third-order valence-corrected chi connectivity index (χ3v) is 7.90. The van der Waals surface area contributed by atoms with E-state index in [1.54, 1.807) is 7.11 Å². The second-order valence-corrected chi connectivity index (χ2v) is 9.51. The molecule has 160 valence electrons. The number of hydrogen-bond donors (Lipinski definition) is 0. The Hall–Kier alpha value is -1.69. The number of ether oxygens (including phenoxy) is 1. The van der Waals surface area contributed by atoms with Gasteiger partial charge in [0.15, 0.2) is 0 Å². The molecule has 1 unspecified atom stereocenters. The third kappa shape index (κ3) is 4.73. The molecule has 5 nitrogen and oxygen atoms in total. The van der Waals surface area contributed by atoms with E-state index in [2.05, 4.69) is 13.8 Å². The number of methoxy groups -OCH3 is 1. The number of likely N-dealkylation sites (tertiary alicyclic amines) is 1. The van der Waals surface area contributed by atoms with Gasteiger partial charge in [-0.2, -0.15) is 0 Å². The lowest BCUT2D eigenvalue weighted by Crippen LogP contribution is -2.54. The van der Waals surface area contributed by atoms with Crippen molar-refractivity contribution in [3.63, 3.8) is 0 Å². The Morgan fingerprint density at radius 1 is 1.21 bits per heavy atom. The molecular weight excluding hydrogens is 384 g/mol. The van der Waals surface area contributed by atoms with Crippen LogP contribution in [0.4, 0.5) is 0 Å². The van der Waals surface area contributed by atoms with E-state index in [-0.39, 0.29) is 16.7 Å². The highest BCUT2D eigenvalue weighted by atomic mass is 32.2. The molecule has 2 aliphatic heterocycles. The van der Waals surface area contributed by atoms with Crippen molar-refractivity contribution >= 4 is 23.6 Å². The maximum Gasteiger partial charge on any atom is 0.255 e. The molecule has 3 rings (SSSR count). The molecule has 29 heavy (non-hydrogen) atoms. The van der Waals surface area contributed by atoms with Crippen LogP contribution in [-0.4, -0.2) is 59.0 Å². The molecule has 2 heterocycles. The van der Waals surface area contributed by atoms with Crippen molar-refractivity contribution in [1.82, 2.24) is 9.80 Å². The highest BCUT2D eigenvalue weighted by Gasteiger charge is 2.47. The number of carbonyl (C=O) groups excluding carboxylic acids is 2. The normalized spacial score (nSPS) is 19.4. The number of thioether (sulfide) groups is 1. The summed E-state index contributed by atoms with van der Waals surface area (Å²) in [6, 6.07) is 7.40. The number of nitrogens with zero attached hydrogens (tertiary/aromatic N) is 2. The second kappa shape index (κ2) is 9.88. The summed E-state index contributed by atoms with van der Waals surface area (Å²) in [7, 11) is 1.62. The lowest BCUT2D eigenvalue weighted by molar-refractivity contribution is -0.137. The molecule has 1 spiro atoms. The summed E-state index contributed by atoms with van der Waals surface area (Å²) in [5, 5.41) is 0. The van der Waals surface area contributed by atoms with Gasteiger partial charge in [-0.05, 0) is 43.9 Å². The Morgan fingerprint density at radius 2 is 1.97 bits per heavy atom. The number of piperidine rings is 1. The highest BCUT2D eigenvalue weighted by Crippen LogP contribution is 2.45. The minimum Gasteiger partial charge on any atom is -0.497 e. The first-order valence-corrected chi connectivity index (χ1v) is 11.9. The maximum absolute atomic E-state index is 13.3. The monoisotopic (exact) mass is 418 g/mol. The fourth-order valence-electron chi connectivity index (χ4n) is 4.51. The average molecular weight is 419 g/mol. The first-order chi connectivity index (χ1) is 14.0. The average Bonchev–Trinajstić information content (AvgIpc) is 3.17. The van der Waals surface area contributed by atoms with Gasteiger partial charge >= 0.3 is 0 Å². The largest absolute Gasteiger partial charge is 0.497 e. The molecule has 2 fully saturated rings. The molecule has 1 aromatic rings. The van der Waals surface area contributed by atoms with Crippen LogP contribution in [0.2, 0.25) is 0 Å². The number of benzene rings is 1. The first-order valence-electron chi connectivity index (χ1n) is 10.9. The topological polar surface area (TPSA) is 49.9 Å². The Labute approximate surface area is 179 Å². The lowest BCUT2D eigenvalue weighted by atomic mass is 9.95.